The Hall–Kier alpha value is -0.0800. The van der Waals surface area contributed by atoms with Crippen LogP contribution in [0.25, 0.3) is 0 Å². The Morgan fingerprint density at radius 2 is 1.72 bits per heavy atom. The van der Waals surface area contributed by atoms with Crippen LogP contribution in [-0.4, -0.2) is 37.6 Å². The normalized spacial score (nSPS) is 20.2. The van der Waals surface area contributed by atoms with Gasteiger partial charge in [-0.2, -0.15) is 0 Å². The summed E-state index contributed by atoms with van der Waals surface area (Å²) in [6.07, 6.45) is 5.38. The lowest BCUT2D eigenvalue weighted by Crippen LogP contribution is -2.43. The van der Waals surface area contributed by atoms with Crippen molar-refractivity contribution in [2.45, 2.75) is 66.3 Å². The topological polar surface area (TPSA) is 15.3 Å². The van der Waals surface area contributed by atoms with Crippen LogP contribution in [0.3, 0.4) is 0 Å². The highest BCUT2D eigenvalue weighted by Gasteiger charge is 2.29. The first-order valence-corrected chi connectivity index (χ1v) is 7.66. The lowest BCUT2D eigenvalue weighted by Gasteiger charge is -2.36. The molecular weight excluding hydrogens is 220 g/mol. The van der Waals surface area contributed by atoms with E-state index in [4.69, 9.17) is 0 Å². The van der Waals surface area contributed by atoms with Crippen LogP contribution in [0.4, 0.5) is 0 Å². The Balaban J connectivity index is 2.42. The van der Waals surface area contributed by atoms with Crippen LogP contribution in [0.1, 0.15) is 60.3 Å². The van der Waals surface area contributed by atoms with Crippen LogP contribution >= 0.6 is 0 Å². The van der Waals surface area contributed by atoms with E-state index >= 15 is 0 Å². The largest absolute Gasteiger partial charge is 0.313 e. The second-order valence-corrected chi connectivity index (χ2v) is 7.95. The van der Waals surface area contributed by atoms with Gasteiger partial charge >= 0.3 is 0 Å². The van der Waals surface area contributed by atoms with Crippen LogP contribution in [0, 0.1) is 10.8 Å². The third kappa shape index (κ3) is 6.75. The molecule has 1 aliphatic carbocycles. The molecule has 108 valence electrons. The Bertz CT molecular complexity index is 240. The molecule has 2 heteroatoms. The minimum absolute atomic E-state index is 0.395. The number of nitrogens with one attached hydrogen (secondary N) is 1. The highest BCUT2D eigenvalue weighted by molar-refractivity contribution is 4.87. The molecule has 0 aliphatic heterocycles. The molecule has 0 saturated heterocycles. The summed E-state index contributed by atoms with van der Waals surface area (Å²) in [5.74, 6) is 0. The minimum atomic E-state index is 0.395. The fourth-order valence-corrected chi connectivity index (χ4v) is 3.02. The average Bonchev–Trinajstić information content (AvgIpc) is 2.94. The lowest BCUT2D eigenvalue weighted by atomic mass is 9.84. The summed E-state index contributed by atoms with van der Waals surface area (Å²) in [5, 5.41) is 3.72. The summed E-state index contributed by atoms with van der Waals surface area (Å²) in [5.41, 5.74) is 0.823. The van der Waals surface area contributed by atoms with E-state index in [0.29, 0.717) is 10.8 Å². The third-order valence-corrected chi connectivity index (χ3v) is 3.64. The van der Waals surface area contributed by atoms with Crippen molar-refractivity contribution in [3.05, 3.63) is 0 Å². The zero-order chi connectivity index (χ0) is 13.8. The smallest absolute Gasteiger partial charge is 0.00684 e. The maximum Gasteiger partial charge on any atom is 0.00684 e. The van der Waals surface area contributed by atoms with Crippen LogP contribution in [0.15, 0.2) is 0 Å². The third-order valence-electron chi connectivity index (χ3n) is 3.64. The summed E-state index contributed by atoms with van der Waals surface area (Å²) >= 11 is 0. The molecule has 0 aromatic heterocycles. The van der Waals surface area contributed by atoms with Gasteiger partial charge in [-0.25, -0.2) is 0 Å². The van der Waals surface area contributed by atoms with Gasteiger partial charge in [0.1, 0.15) is 0 Å². The van der Waals surface area contributed by atoms with E-state index in [2.05, 4.69) is 51.9 Å². The summed E-state index contributed by atoms with van der Waals surface area (Å²) in [4.78, 5) is 2.52. The SMILES string of the molecule is CCCC(C)(CNC1CC1)CN(C)CC(C)(C)C. The standard InChI is InChI=1S/C16H34N2/c1-7-10-16(5,11-17-14-8-9-14)13-18(6)12-15(2,3)4/h14,17H,7-13H2,1-6H3. The molecule has 0 bridgehead atoms. The fraction of sp³-hybridized carbons (Fsp3) is 1.00. The number of rotatable bonds is 8. The predicted molar refractivity (Wildman–Crippen MR) is 81.0 cm³/mol. The van der Waals surface area contributed by atoms with Gasteiger partial charge in [0.25, 0.3) is 0 Å². The molecule has 1 rings (SSSR count). The Kier molecular flexibility index (Phi) is 5.67. The average molecular weight is 254 g/mol. The first kappa shape index (κ1) is 16.0. The quantitative estimate of drug-likeness (QED) is 0.713. The summed E-state index contributed by atoms with van der Waals surface area (Å²) < 4.78 is 0. The van der Waals surface area contributed by atoms with E-state index in [1.165, 1.54) is 45.3 Å². The van der Waals surface area contributed by atoms with Crippen molar-refractivity contribution in [2.75, 3.05) is 26.7 Å². The van der Waals surface area contributed by atoms with Gasteiger partial charge in [0.2, 0.25) is 0 Å². The Labute approximate surface area is 115 Å². The molecule has 0 radical (unpaired) electrons. The first-order valence-electron chi connectivity index (χ1n) is 7.66. The molecule has 0 amide bonds. The van der Waals surface area contributed by atoms with Crippen molar-refractivity contribution < 1.29 is 0 Å². The molecular formula is C16H34N2. The van der Waals surface area contributed by atoms with Crippen molar-refractivity contribution in [3.8, 4) is 0 Å². The van der Waals surface area contributed by atoms with E-state index in [-0.39, 0.29) is 0 Å². The molecule has 1 fully saturated rings. The monoisotopic (exact) mass is 254 g/mol. The zero-order valence-corrected chi connectivity index (χ0v) is 13.5. The zero-order valence-electron chi connectivity index (χ0n) is 13.5. The van der Waals surface area contributed by atoms with Gasteiger partial charge in [0.15, 0.2) is 0 Å². The lowest BCUT2D eigenvalue weighted by molar-refractivity contribution is 0.138. The van der Waals surface area contributed by atoms with Gasteiger partial charge in [-0.1, -0.05) is 41.0 Å². The van der Waals surface area contributed by atoms with Gasteiger partial charge in [-0.3, -0.25) is 0 Å². The van der Waals surface area contributed by atoms with E-state index in [0.717, 1.165) is 6.04 Å². The van der Waals surface area contributed by atoms with Crippen molar-refractivity contribution in [1.29, 1.82) is 0 Å². The van der Waals surface area contributed by atoms with Crippen molar-refractivity contribution in [3.63, 3.8) is 0 Å². The van der Waals surface area contributed by atoms with E-state index in [9.17, 15) is 0 Å². The number of hydrogen-bond acceptors (Lipinski definition) is 2. The van der Waals surface area contributed by atoms with Crippen molar-refractivity contribution >= 4 is 0 Å². The molecule has 1 saturated carbocycles. The summed E-state index contributed by atoms with van der Waals surface area (Å²) in [6.45, 7) is 15.3. The van der Waals surface area contributed by atoms with Crippen LogP contribution in [0.2, 0.25) is 0 Å². The van der Waals surface area contributed by atoms with E-state index in [1.54, 1.807) is 0 Å². The first-order chi connectivity index (χ1) is 8.24. The van der Waals surface area contributed by atoms with Gasteiger partial charge in [-0.05, 0) is 37.1 Å². The molecule has 0 spiro atoms. The highest BCUT2D eigenvalue weighted by Crippen LogP contribution is 2.27. The summed E-state index contributed by atoms with van der Waals surface area (Å²) in [6, 6.07) is 0.828. The van der Waals surface area contributed by atoms with Gasteiger partial charge in [-0.15, -0.1) is 0 Å². The molecule has 0 aromatic rings. The molecule has 0 aromatic carbocycles. The minimum Gasteiger partial charge on any atom is -0.313 e. The van der Waals surface area contributed by atoms with Gasteiger partial charge < -0.3 is 10.2 Å². The molecule has 0 heterocycles. The molecule has 1 unspecified atom stereocenters. The van der Waals surface area contributed by atoms with Gasteiger partial charge in [0, 0.05) is 25.7 Å². The molecule has 1 N–H and O–H groups in total. The van der Waals surface area contributed by atoms with Crippen molar-refractivity contribution in [2.24, 2.45) is 10.8 Å². The number of hydrogen-bond donors (Lipinski definition) is 1. The second-order valence-electron chi connectivity index (χ2n) is 7.95. The molecule has 1 atom stereocenters. The summed E-state index contributed by atoms with van der Waals surface area (Å²) in [7, 11) is 2.27. The molecule has 18 heavy (non-hydrogen) atoms. The van der Waals surface area contributed by atoms with E-state index in [1.807, 2.05) is 0 Å². The second kappa shape index (κ2) is 6.38. The van der Waals surface area contributed by atoms with Gasteiger partial charge in [0.05, 0.1) is 0 Å². The van der Waals surface area contributed by atoms with Crippen LogP contribution < -0.4 is 5.32 Å². The predicted octanol–water partition coefficient (Wildman–Crippen LogP) is 3.52. The maximum absolute atomic E-state index is 3.72. The van der Waals surface area contributed by atoms with Crippen molar-refractivity contribution in [1.82, 2.24) is 10.2 Å². The molecule has 1 aliphatic rings. The van der Waals surface area contributed by atoms with Crippen LogP contribution in [0.5, 0.6) is 0 Å². The Morgan fingerprint density at radius 3 is 2.17 bits per heavy atom. The van der Waals surface area contributed by atoms with E-state index < -0.39 is 0 Å². The number of nitrogens with zero attached hydrogens (tertiary/aromatic N) is 1. The highest BCUT2D eigenvalue weighted by atomic mass is 15.1. The van der Waals surface area contributed by atoms with Crippen LogP contribution in [-0.2, 0) is 0 Å². The molecule has 2 nitrogen and oxygen atoms in total. The Morgan fingerprint density at radius 1 is 1.11 bits per heavy atom. The fourth-order valence-electron chi connectivity index (χ4n) is 3.02. The maximum atomic E-state index is 3.72.